The van der Waals surface area contributed by atoms with E-state index in [9.17, 15) is 14.4 Å². The van der Waals surface area contributed by atoms with E-state index in [1.165, 1.54) is 0 Å². The van der Waals surface area contributed by atoms with Crippen LogP contribution in [0.3, 0.4) is 0 Å². The molecule has 0 radical (unpaired) electrons. The molecule has 6 N–H and O–H groups in total. The second-order valence-electron chi connectivity index (χ2n) is 4.01. The van der Waals surface area contributed by atoms with E-state index in [0.717, 1.165) is 0 Å². The van der Waals surface area contributed by atoms with E-state index in [4.69, 9.17) is 16.6 Å². The van der Waals surface area contributed by atoms with Crippen LogP contribution in [0.15, 0.2) is 0 Å². The highest BCUT2D eigenvalue weighted by Crippen LogP contribution is 2.02. The van der Waals surface area contributed by atoms with Gasteiger partial charge in [-0.3, -0.25) is 9.59 Å². The van der Waals surface area contributed by atoms with Crippen LogP contribution in [-0.2, 0) is 14.4 Å². The smallest absolute Gasteiger partial charge is 0.326 e. The minimum Gasteiger partial charge on any atom is -0.480 e. The zero-order valence-corrected chi connectivity index (χ0v) is 9.81. The Balaban J connectivity index is 4.20. The molecule has 0 rings (SSSR count). The van der Waals surface area contributed by atoms with Crippen molar-refractivity contribution in [2.24, 2.45) is 17.4 Å². The number of carboxylic acid groups (broad SMARTS) is 1. The molecule has 0 aromatic rings. The fourth-order valence-corrected chi connectivity index (χ4v) is 1.20. The predicted octanol–water partition coefficient (Wildman–Crippen LogP) is -1.19. The van der Waals surface area contributed by atoms with Gasteiger partial charge in [0, 0.05) is 12.8 Å². The molecule has 1 unspecified atom stereocenters. The Hall–Kier alpha value is -1.63. The van der Waals surface area contributed by atoms with Crippen molar-refractivity contribution >= 4 is 17.8 Å². The highest BCUT2D eigenvalue weighted by atomic mass is 16.4. The molecule has 0 aliphatic heterocycles. The van der Waals surface area contributed by atoms with Crippen molar-refractivity contribution in [3.05, 3.63) is 0 Å². The summed E-state index contributed by atoms with van der Waals surface area (Å²) in [6.45, 7) is 2.14. The third kappa shape index (κ3) is 7.29. The predicted molar refractivity (Wildman–Crippen MR) is 60.8 cm³/mol. The fourth-order valence-electron chi connectivity index (χ4n) is 1.20. The van der Waals surface area contributed by atoms with Gasteiger partial charge >= 0.3 is 5.97 Å². The number of nitrogens with one attached hydrogen (secondary N) is 1. The van der Waals surface area contributed by atoms with E-state index in [0.29, 0.717) is 6.54 Å². The van der Waals surface area contributed by atoms with E-state index in [-0.39, 0.29) is 31.1 Å². The molecular formula is C10H19N3O4. The minimum atomic E-state index is -1.18. The summed E-state index contributed by atoms with van der Waals surface area (Å²) in [6, 6.07) is -1.08. The first-order valence-electron chi connectivity index (χ1n) is 5.37. The molecular weight excluding hydrogens is 226 g/mol. The summed E-state index contributed by atoms with van der Waals surface area (Å²) in [5.74, 6) is -2.18. The summed E-state index contributed by atoms with van der Waals surface area (Å²) < 4.78 is 0. The number of carboxylic acids is 1. The summed E-state index contributed by atoms with van der Waals surface area (Å²) in [5, 5.41) is 11.2. The number of rotatable bonds is 8. The van der Waals surface area contributed by atoms with Crippen LogP contribution in [0.25, 0.3) is 0 Å². The second kappa shape index (κ2) is 7.61. The SMILES string of the molecule is CC(CN)CC(=O)N[C@H](CCC(N)=O)C(=O)O. The normalized spacial score (nSPS) is 13.8. The number of carbonyl (C=O) groups is 3. The molecule has 17 heavy (non-hydrogen) atoms. The fraction of sp³-hybridized carbons (Fsp3) is 0.700. The Kier molecular flexibility index (Phi) is 6.88. The zero-order valence-electron chi connectivity index (χ0n) is 9.81. The molecule has 0 saturated heterocycles. The van der Waals surface area contributed by atoms with Crippen LogP contribution in [0.4, 0.5) is 0 Å². The van der Waals surface area contributed by atoms with Gasteiger partial charge in [0.05, 0.1) is 0 Å². The van der Waals surface area contributed by atoms with Crippen molar-refractivity contribution in [2.45, 2.75) is 32.2 Å². The Bertz CT molecular complexity index is 293. The molecule has 0 saturated carbocycles. The summed E-state index contributed by atoms with van der Waals surface area (Å²) in [6.07, 6.45) is 0.0773. The van der Waals surface area contributed by atoms with Gasteiger partial charge in [-0.15, -0.1) is 0 Å². The van der Waals surface area contributed by atoms with Gasteiger partial charge in [-0.1, -0.05) is 6.92 Å². The lowest BCUT2D eigenvalue weighted by molar-refractivity contribution is -0.142. The first kappa shape index (κ1) is 15.4. The van der Waals surface area contributed by atoms with Crippen molar-refractivity contribution < 1.29 is 19.5 Å². The number of primary amides is 1. The van der Waals surface area contributed by atoms with Crippen LogP contribution in [0, 0.1) is 5.92 Å². The summed E-state index contributed by atoms with van der Waals surface area (Å²) in [4.78, 5) is 32.8. The lowest BCUT2D eigenvalue weighted by atomic mass is 10.1. The summed E-state index contributed by atoms with van der Waals surface area (Å²) >= 11 is 0. The Morgan fingerprint density at radius 1 is 1.35 bits per heavy atom. The van der Waals surface area contributed by atoms with Crippen LogP contribution in [0.1, 0.15) is 26.2 Å². The average molecular weight is 245 g/mol. The molecule has 7 nitrogen and oxygen atoms in total. The van der Waals surface area contributed by atoms with E-state index in [1.54, 1.807) is 6.92 Å². The number of nitrogens with two attached hydrogens (primary N) is 2. The molecule has 0 aliphatic carbocycles. The highest BCUT2D eigenvalue weighted by Gasteiger charge is 2.21. The largest absolute Gasteiger partial charge is 0.480 e. The quantitative estimate of drug-likeness (QED) is 0.426. The molecule has 7 heteroatoms. The first-order valence-corrected chi connectivity index (χ1v) is 5.37. The number of carbonyl (C=O) groups excluding carboxylic acids is 2. The van der Waals surface area contributed by atoms with E-state index < -0.39 is 17.9 Å². The standard InChI is InChI=1S/C10H19N3O4/c1-6(5-11)4-9(15)13-7(10(16)17)2-3-8(12)14/h6-7H,2-5,11H2,1H3,(H2,12,14)(H,13,15)(H,16,17)/t6?,7-/m1/s1. The molecule has 0 heterocycles. The molecule has 0 aliphatic rings. The molecule has 0 aromatic heterocycles. The molecule has 0 aromatic carbocycles. The molecule has 2 amide bonds. The summed E-state index contributed by atoms with van der Waals surface area (Å²) in [5.41, 5.74) is 10.3. The van der Waals surface area contributed by atoms with Gasteiger partial charge in [0.15, 0.2) is 0 Å². The maximum Gasteiger partial charge on any atom is 0.326 e. The van der Waals surface area contributed by atoms with Gasteiger partial charge in [0.25, 0.3) is 0 Å². The van der Waals surface area contributed by atoms with Gasteiger partial charge < -0.3 is 21.9 Å². The molecule has 2 atom stereocenters. The Morgan fingerprint density at radius 2 is 1.94 bits per heavy atom. The third-order valence-corrected chi connectivity index (χ3v) is 2.25. The van der Waals surface area contributed by atoms with E-state index in [1.807, 2.05) is 0 Å². The van der Waals surface area contributed by atoms with Gasteiger partial charge in [-0.25, -0.2) is 4.79 Å². The molecule has 98 valence electrons. The van der Waals surface area contributed by atoms with Crippen molar-refractivity contribution in [3.8, 4) is 0 Å². The zero-order chi connectivity index (χ0) is 13.4. The second-order valence-corrected chi connectivity index (χ2v) is 4.01. The Morgan fingerprint density at radius 3 is 2.35 bits per heavy atom. The van der Waals surface area contributed by atoms with Gasteiger partial charge in [0.2, 0.25) is 11.8 Å². The van der Waals surface area contributed by atoms with Crippen molar-refractivity contribution in [3.63, 3.8) is 0 Å². The van der Waals surface area contributed by atoms with Gasteiger partial charge in [0.1, 0.15) is 6.04 Å². The van der Waals surface area contributed by atoms with Crippen molar-refractivity contribution in [2.75, 3.05) is 6.54 Å². The molecule has 0 fully saturated rings. The first-order chi connectivity index (χ1) is 7.86. The van der Waals surface area contributed by atoms with Crippen LogP contribution >= 0.6 is 0 Å². The topological polar surface area (TPSA) is 136 Å². The van der Waals surface area contributed by atoms with Crippen LogP contribution in [0.5, 0.6) is 0 Å². The van der Waals surface area contributed by atoms with Gasteiger partial charge in [-0.2, -0.15) is 0 Å². The van der Waals surface area contributed by atoms with Gasteiger partial charge in [-0.05, 0) is 18.9 Å². The lowest BCUT2D eigenvalue weighted by Crippen LogP contribution is -2.42. The monoisotopic (exact) mass is 245 g/mol. The molecule has 0 bridgehead atoms. The molecule has 0 spiro atoms. The number of aliphatic carboxylic acids is 1. The minimum absolute atomic E-state index is 0.00654. The van der Waals surface area contributed by atoms with Crippen molar-refractivity contribution in [1.82, 2.24) is 5.32 Å². The highest BCUT2D eigenvalue weighted by molar-refractivity contribution is 5.84. The maximum atomic E-state index is 11.4. The van der Waals surface area contributed by atoms with Crippen molar-refractivity contribution in [1.29, 1.82) is 0 Å². The van der Waals surface area contributed by atoms with Crippen LogP contribution < -0.4 is 16.8 Å². The number of amides is 2. The van der Waals surface area contributed by atoms with Crippen LogP contribution in [-0.4, -0.2) is 35.5 Å². The Labute approximate surface area is 99.5 Å². The van der Waals surface area contributed by atoms with E-state index >= 15 is 0 Å². The van der Waals surface area contributed by atoms with Crippen LogP contribution in [0.2, 0.25) is 0 Å². The lowest BCUT2D eigenvalue weighted by Gasteiger charge is -2.15. The summed E-state index contributed by atoms with van der Waals surface area (Å²) in [7, 11) is 0. The average Bonchev–Trinajstić information content (AvgIpc) is 2.23. The number of hydrogen-bond acceptors (Lipinski definition) is 4. The number of hydrogen-bond donors (Lipinski definition) is 4. The third-order valence-electron chi connectivity index (χ3n) is 2.25. The maximum absolute atomic E-state index is 11.4. The van der Waals surface area contributed by atoms with E-state index in [2.05, 4.69) is 5.32 Å².